The van der Waals surface area contributed by atoms with Gasteiger partial charge in [0.15, 0.2) is 5.43 Å². The number of nitrogens with zero attached hydrogens (tertiary/aromatic N) is 1. The Morgan fingerprint density at radius 3 is 2.62 bits per heavy atom. The summed E-state index contributed by atoms with van der Waals surface area (Å²) in [5.41, 5.74) is 1.02. The van der Waals surface area contributed by atoms with Crippen LogP contribution < -0.4 is 21.4 Å². The fourth-order valence-electron chi connectivity index (χ4n) is 1.88. The van der Waals surface area contributed by atoms with E-state index in [1.807, 2.05) is 0 Å². The van der Waals surface area contributed by atoms with Crippen LogP contribution in [0.5, 0.6) is 0 Å². The smallest absolute Gasteiger partial charge is 0.205 e. The molecule has 0 saturated carbocycles. The molecule has 1 aliphatic carbocycles. The van der Waals surface area contributed by atoms with E-state index in [1.165, 1.54) is 18.3 Å². The summed E-state index contributed by atoms with van der Waals surface area (Å²) in [6.07, 6.45) is 8.46. The van der Waals surface area contributed by atoms with Crippen molar-refractivity contribution in [3.63, 3.8) is 0 Å². The summed E-state index contributed by atoms with van der Waals surface area (Å²) in [6.45, 7) is 0. The van der Waals surface area contributed by atoms with Crippen LogP contribution in [0.2, 0.25) is 0 Å². The van der Waals surface area contributed by atoms with Crippen molar-refractivity contribution in [3.8, 4) is 0 Å². The maximum atomic E-state index is 11.9. The lowest BCUT2D eigenvalue weighted by atomic mass is 10.1. The zero-order chi connectivity index (χ0) is 11.1. The van der Waals surface area contributed by atoms with Crippen molar-refractivity contribution in [2.45, 2.75) is 0 Å². The molecule has 16 heavy (non-hydrogen) atoms. The van der Waals surface area contributed by atoms with E-state index in [0.717, 1.165) is 0 Å². The summed E-state index contributed by atoms with van der Waals surface area (Å²) in [6, 6.07) is 2.93. The second-order valence-corrected chi connectivity index (χ2v) is 3.66. The normalized spacial score (nSPS) is 14.0. The van der Waals surface area contributed by atoms with Crippen LogP contribution in [0.15, 0.2) is 39.0 Å². The van der Waals surface area contributed by atoms with Crippen LogP contribution in [0.25, 0.3) is 18.2 Å². The SMILES string of the molecule is O=c1cc2c(c(=O)cc3c1=CC=C3)=NC=C2. The summed E-state index contributed by atoms with van der Waals surface area (Å²) in [5.74, 6) is 0. The molecule has 0 aromatic heterocycles. The van der Waals surface area contributed by atoms with Crippen LogP contribution in [0, 0.1) is 0 Å². The third kappa shape index (κ3) is 1.18. The Labute approximate surface area is 90.4 Å². The molecule has 1 heterocycles. The van der Waals surface area contributed by atoms with Crippen LogP contribution >= 0.6 is 0 Å². The highest BCUT2D eigenvalue weighted by Crippen LogP contribution is 1.98. The first kappa shape index (κ1) is 8.97. The zero-order valence-electron chi connectivity index (χ0n) is 8.31. The molecule has 76 valence electrons. The second kappa shape index (κ2) is 3.10. The van der Waals surface area contributed by atoms with Gasteiger partial charge < -0.3 is 0 Å². The van der Waals surface area contributed by atoms with Crippen LogP contribution in [-0.2, 0) is 0 Å². The summed E-state index contributed by atoms with van der Waals surface area (Å²) in [7, 11) is 0. The maximum absolute atomic E-state index is 11.9. The number of fused-ring (bicyclic) bond motifs is 2. The van der Waals surface area contributed by atoms with E-state index in [-0.39, 0.29) is 10.9 Å². The van der Waals surface area contributed by atoms with Crippen LogP contribution in [-0.4, -0.2) is 0 Å². The van der Waals surface area contributed by atoms with Gasteiger partial charge in [-0.1, -0.05) is 18.2 Å². The van der Waals surface area contributed by atoms with Gasteiger partial charge in [-0.2, -0.15) is 0 Å². The molecule has 3 heteroatoms. The standard InChI is InChI=1S/C13H7NO2/c15-11-7-9-4-5-14-13(9)12(16)6-8-2-1-3-10(8)11/h1-7H. The first-order valence-corrected chi connectivity index (χ1v) is 4.91. The van der Waals surface area contributed by atoms with Crippen LogP contribution in [0.3, 0.4) is 0 Å². The molecule has 1 aromatic rings. The molecule has 0 amide bonds. The summed E-state index contributed by atoms with van der Waals surface area (Å²) in [4.78, 5) is 27.7. The highest BCUT2D eigenvalue weighted by molar-refractivity contribution is 5.66. The van der Waals surface area contributed by atoms with Crippen molar-refractivity contribution in [2.75, 3.05) is 0 Å². The Bertz CT molecular complexity index is 718. The van der Waals surface area contributed by atoms with E-state index in [0.29, 0.717) is 21.7 Å². The van der Waals surface area contributed by atoms with Crippen molar-refractivity contribution < 1.29 is 0 Å². The third-order valence-electron chi connectivity index (χ3n) is 2.65. The first-order valence-electron chi connectivity index (χ1n) is 4.91. The molecule has 0 fully saturated rings. The molecule has 0 unspecified atom stereocenters. The molecule has 0 N–H and O–H groups in total. The minimum absolute atomic E-state index is 0.0852. The largest absolute Gasteiger partial charge is 0.289 e. The number of rotatable bonds is 0. The predicted molar refractivity (Wildman–Crippen MR) is 62.3 cm³/mol. The van der Waals surface area contributed by atoms with E-state index in [9.17, 15) is 9.59 Å². The van der Waals surface area contributed by atoms with Crippen molar-refractivity contribution in [2.24, 2.45) is 4.99 Å². The molecular weight excluding hydrogens is 202 g/mol. The highest BCUT2D eigenvalue weighted by atomic mass is 16.1. The lowest BCUT2D eigenvalue weighted by Crippen LogP contribution is -2.30. The molecule has 3 nitrogen and oxygen atoms in total. The number of hydrogen-bond acceptors (Lipinski definition) is 3. The molecule has 0 radical (unpaired) electrons. The van der Waals surface area contributed by atoms with Gasteiger partial charge in [-0.3, -0.25) is 14.6 Å². The monoisotopic (exact) mass is 209 g/mol. The summed E-state index contributed by atoms with van der Waals surface area (Å²) >= 11 is 0. The van der Waals surface area contributed by atoms with Crippen molar-refractivity contribution >= 4 is 18.2 Å². The van der Waals surface area contributed by atoms with Gasteiger partial charge in [0.2, 0.25) is 5.43 Å². The van der Waals surface area contributed by atoms with Gasteiger partial charge in [-0.15, -0.1) is 0 Å². The fraction of sp³-hybridized carbons (Fsp3) is 0. The average Bonchev–Trinajstić information content (AvgIpc) is 2.84. The summed E-state index contributed by atoms with van der Waals surface area (Å²) < 4.78 is 0. The van der Waals surface area contributed by atoms with Crippen molar-refractivity contribution in [3.05, 3.63) is 66.6 Å². The minimum atomic E-state index is -0.156. The van der Waals surface area contributed by atoms with E-state index in [4.69, 9.17) is 0 Å². The molecule has 1 aliphatic heterocycles. The molecule has 1 aromatic carbocycles. The Morgan fingerprint density at radius 2 is 1.75 bits per heavy atom. The van der Waals surface area contributed by atoms with E-state index >= 15 is 0 Å². The Kier molecular flexibility index (Phi) is 1.74. The fourth-order valence-corrected chi connectivity index (χ4v) is 1.88. The second-order valence-electron chi connectivity index (χ2n) is 3.66. The molecule has 2 aliphatic rings. The predicted octanol–water partition coefficient (Wildman–Crippen LogP) is -0.182. The number of allylic oxidation sites excluding steroid dienone is 1. The topological polar surface area (TPSA) is 46.5 Å². The van der Waals surface area contributed by atoms with Gasteiger partial charge in [-0.25, -0.2) is 0 Å². The van der Waals surface area contributed by atoms with Crippen LogP contribution in [0.1, 0.15) is 11.1 Å². The highest BCUT2D eigenvalue weighted by Gasteiger charge is 2.05. The van der Waals surface area contributed by atoms with Gasteiger partial charge in [0.25, 0.3) is 0 Å². The number of hydrogen-bond donors (Lipinski definition) is 0. The lowest BCUT2D eigenvalue weighted by Gasteiger charge is -1.88. The van der Waals surface area contributed by atoms with Crippen LogP contribution in [0.4, 0.5) is 0 Å². The molecule has 0 atom stereocenters. The Balaban J connectivity index is 2.63. The summed E-state index contributed by atoms with van der Waals surface area (Å²) in [5, 5.41) is 0.917. The zero-order valence-corrected chi connectivity index (χ0v) is 8.31. The lowest BCUT2D eigenvalue weighted by molar-refractivity contribution is 1.32. The quantitative estimate of drug-likeness (QED) is 0.595. The average molecular weight is 209 g/mol. The van der Waals surface area contributed by atoms with Gasteiger partial charge in [0, 0.05) is 17.0 Å². The van der Waals surface area contributed by atoms with E-state index in [1.54, 1.807) is 24.3 Å². The first-order chi connectivity index (χ1) is 7.75. The third-order valence-corrected chi connectivity index (χ3v) is 2.65. The van der Waals surface area contributed by atoms with Gasteiger partial charge in [0.05, 0.1) is 0 Å². The van der Waals surface area contributed by atoms with E-state index < -0.39 is 0 Å². The Morgan fingerprint density at radius 1 is 0.938 bits per heavy atom. The minimum Gasteiger partial charge on any atom is -0.289 e. The van der Waals surface area contributed by atoms with Gasteiger partial charge >= 0.3 is 0 Å². The van der Waals surface area contributed by atoms with Crippen molar-refractivity contribution in [1.29, 1.82) is 0 Å². The Hall–Kier alpha value is -2.29. The van der Waals surface area contributed by atoms with Gasteiger partial charge in [-0.05, 0) is 23.8 Å². The van der Waals surface area contributed by atoms with Gasteiger partial charge in [0.1, 0.15) is 5.36 Å². The molecule has 0 spiro atoms. The van der Waals surface area contributed by atoms with E-state index in [2.05, 4.69) is 4.99 Å². The molecule has 0 bridgehead atoms. The van der Waals surface area contributed by atoms with Crippen molar-refractivity contribution in [1.82, 2.24) is 0 Å². The molecule has 3 rings (SSSR count). The molecule has 0 saturated heterocycles. The molecular formula is C13H7NO2. The maximum Gasteiger partial charge on any atom is 0.205 e.